The van der Waals surface area contributed by atoms with Gasteiger partial charge in [-0.3, -0.25) is 0 Å². The van der Waals surface area contributed by atoms with Crippen LogP contribution in [0.4, 0.5) is 11.4 Å². The fraction of sp³-hybridized carbons (Fsp3) is 0.250. The van der Waals surface area contributed by atoms with E-state index in [1.165, 1.54) is 49.9 Å². The van der Waals surface area contributed by atoms with Crippen LogP contribution < -0.4 is 9.80 Å². The van der Waals surface area contributed by atoms with E-state index in [4.69, 9.17) is 0 Å². The average molecular weight is 462 g/mol. The first kappa shape index (κ1) is 23.0. The van der Waals surface area contributed by atoms with E-state index in [0.717, 1.165) is 13.1 Å². The molecular weight excluding hydrogens is 426 g/mol. The van der Waals surface area contributed by atoms with Gasteiger partial charge in [-0.1, -0.05) is 54.6 Å². The van der Waals surface area contributed by atoms with E-state index in [-0.39, 0.29) is 6.04 Å². The molecule has 178 valence electrons. The van der Waals surface area contributed by atoms with Crippen molar-refractivity contribution in [3.8, 4) is 0 Å². The van der Waals surface area contributed by atoms with Crippen LogP contribution in [0.3, 0.4) is 0 Å². The molecule has 3 heteroatoms. The predicted molar refractivity (Wildman–Crippen MR) is 152 cm³/mol. The van der Waals surface area contributed by atoms with Crippen molar-refractivity contribution in [1.29, 1.82) is 0 Å². The summed E-state index contributed by atoms with van der Waals surface area (Å²) in [6.07, 6.45) is 0. The Kier molecular flexibility index (Phi) is 6.25. The van der Waals surface area contributed by atoms with Crippen molar-refractivity contribution in [3.05, 3.63) is 108 Å². The molecule has 1 heterocycles. The summed E-state index contributed by atoms with van der Waals surface area (Å²) >= 11 is 0. The lowest BCUT2D eigenvalue weighted by Gasteiger charge is -2.27. The van der Waals surface area contributed by atoms with E-state index < -0.39 is 0 Å². The van der Waals surface area contributed by atoms with E-state index in [9.17, 15) is 0 Å². The molecule has 5 rings (SSSR count). The molecular formula is C32H35N3. The number of hydrogen-bond donors (Lipinski definition) is 0. The Morgan fingerprint density at radius 1 is 0.686 bits per heavy atom. The third kappa shape index (κ3) is 4.05. The smallest absolute Gasteiger partial charge is 0.0847 e. The Bertz CT molecular complexity index is 1400. The number of anilines is 2. The van der Waals surface area contributed by atoms with Crippen LogP contribution in [0.1, 0.15) is 36.6 Å². The summed E-state index contributed by atoms with van der Waals surface area (Å²) in [5.41, 5.74) is 8.98. The number of nitrogens with zero attached hydrogens (tertiary/aromatic N) is 3. The molecule has 0 fully saturated rings. The Labute approximate surface area is 209 Å². The van der Waals surface area contributed by atoms with Crippen LogP contribution in [0, 0.1) is 6.92 Å². The molecule has 0 spiro atoms. The molecule has 0 saturated carbocycles. The maximum Gasteiger partial charge on any atom is 0.0847 e. The molecule has 1 atom stereocenters. The lowest BCUT2D eigenvalue weighted by atomic mass is 9.93. The fourth-order valence-corrected chi connectivity index (χ4v) is 5.41. The zero-order chi connectivity index (χ0) is 24.5. The van der Waals surface area contributed by atoms with Crippen LogP contribution >= 0.6 is 0 Å². The number of aryl methyl sites for hydroxylation is 1. The lowest BCUT2D eigenvalue weighted by Crippen LogP contribution is -2.22. The van der Waals surface area contributed by atoms with E-state index in [2.05, 4.69) is 140 Å². The summed E-state index contributed by atoms with van der Waals surface area (Å²) in [4.78, 5) is 4.57. The quantitative estimate of drug-likeness (QED) is 0.247. The van der Waals surface area contributed by atoms with Crippen molar-refractivity contribution in [2.24, 2.45) is 0 Å². The van der Waals surface area contributed by atoms with Crippen LogP contribution in [-0.2, 0) is 0 Å². The molecule has 0 aliphatic heterocycles. The topological polar surface area (TPSA) is 11.4 Å². The number of para-hydroxylation sites is 2. The monoisotopic (exact) mass is 461 g/mol. The molecule has 0 N–H and O–H groups in total. The summed E-state index contributed by atoms with van der Waals surface area (Å²) < 4.78 is 2.54. The van der Waals surface area contributed by atoms with Gasteiger partial charge in [0.2, 0.25) is 0 Å². The van der Waals surface area contributed by atoms with Crippen LogP contribution in [-0.4, -0.2) is 31.8 Å². The number of fused-ring (bicyclic) bond motifs is 3. The van der Waals surface area contributed by atoms with E-state index in [0.29, 0.717) is 0 Å². The molecule has 0 amide bonds. The minimum atomic E-state index is 0.0711. The summed E-state index contributed by atoms with van der Waals surface area (Å²) in [5, 5.41) is 2.60. The summed E-state index contributed by atoms with van der Waals surface area (Å²) in [7, 11) is 4.19. The van der Waals surface area contributed by atoms with Crippen molar-refractivity contribution in [2.75, 3.05) is 37.0 Å². The first-order chi connectivity index (χ1) is 17.0. The molecule has 3 nitrogen and oxygen atoms in total. The summed E-state index contributed by atoms with van der Waals surface area (Å²) in [6, 6.07) is 33.7. The minimum Gasteiger partial charge on any atom is -0.378 e. The Morgan fingerprint density at radius 2 is 1.23 bits per heavy atom. The molecule has 0 aliphatic carbocycles. The SMILES string of the molecule is CCN(CC)c1ccc(C(c2ccc(N(C)C)cc2)n2c3ccccc3c3ccccc32)c(C)c1. The second kappa shape index (κ2) is 9.50. The molecule has 0 aliphatic rings. The number of rotatable bonds is 7. The zero-order valence-corrected chi connectivity index (χ0v) is 21.5. The third-order valence-corrected chi connectivity index (χ3v) is 7.28. The summed E-state index contributed by atoms with van der Waals surface area (Å²) in [6.45, 7) is 8.73. The van der Waals surface area contributed by atoms with E-state index in [1.54, 1.807) is 0 Å². The first-order valence-corrected chi connectivity index (χ1v) is 12.6. The maximum atomic E-state index is 2.54. The lowest BCUT2D eigenvalue weighted by molar-refractivity contribution is 0.722. The maximum absolute atomic E-state index is 2.54. The van der Waals surface area contributed by atoms with Gasteiger partial charge in [-0.05, 0) is 73.9 Å². The molecule has 0 bridgehead atoms. The summed E-state index contributed by atoms with van der Waals surface area (Å²) in [5.74, 6) is 0. The van der Waals surface area contributed by atoms with Gasteiger partial charge < -0.3 is 14.4 Å². The Balaban J connectivity index is 1.78. The van der Waals surface area contributed by atoms with E-state index >= 15 is 0 Å². The largest absolute Gasteiger partial charge is 0.378 e. The number of benzene rings is 4. The molecule has 1 aromatic heterocycles. The third-order valence-electron chi connectivity index (χ3n) is 7.28. The average Bonchev–Trinajstić information content (AvgIpc) is 3.21. The van der Waals surface area contributed by atoms with Gasteiger partial charge in [-0.2, -0.15) is 0 Å². The van der Waals surface area contributed by atoms with Gasteiger partial charge in [0.1, 0.15) is 0 Å². The van der Waals surface area contributed by atoms with Crippen LogP contribution in [0.2, 0.25) is 0 Å². The van der Waals surface area contributed by atoms with Gasteiger partial charge in [-0.25, -0.2) is 0 Å². The molecule has 5 aromatic rings. The highest BCUT2D eigenvalue weighted by atomic mass is 15.1. The highest BCUT2D eigenvalue weighted by molar-refractivity contribution is 6.08. The highest BCUT2D eigenvalue weighted by Crippen LogP contribution is 2.39. The van der Waals surface area contributed by atoms with Crippen molar-refractivity contribution < 1.29 is 0 Å². The van der Waals surface area contributed by atoms with Gasteiger partial charge in [0, 0.05) is 60.4 Å². The molecule has 35 heavy (non-hydrogen) atoms. The Morgan fingerprint density at radius 3 is 1.74 bits per heavy atom. The zero-order valence-electron chi connectivity index (χ0n) is 21.5. The van der Waals surface area contributed by atoms with Crippen molar-refractivity contribution in [2.45, 2.75) is 26.8 Å². The second-order valence-electron chi connectivity index (χ2n) is 9.51. The van der Waals surface area contributed by atoms with Gasteiger partial charge >= 0.3 is 0 Å². The second-order valence-corrected chi connectivity index (χ2v) is 9.51. The minimum absolute atomic E-state index is 0.0711. The standard InChI is InChI=1S/C32H35N3/c1-6-34(7-2)26-20-21-27(23(3)22-26)32(24-16-18-25(19-17-24)33(4)5)35-30-14-10-8-12-28(30)29-13-9-11-15-31(29)35/h8-22,32H,6-7H2,1-5H3. The molecule has 0 saturated heterocycles. The van der Waals surface area contributed by atoms with E-state index in [1.807, 2.05) is 0 Å². The van der Waals surface area contributed by atoms with Crippen LogP contribution in [0.5, 0.6) is 0 Å². The molecule has 4 aromatic carbocycles. The number of hydrogen-bond acceptors (Lipinski definition) is 2. The molecule has 0 radical (unpaired) electrons. The normalized spacial score (nSPS) is 12.3. The highest BCUT2D eigenvalue weighted by Gasteiger charge is 2.23. The van der Waals surface area contributed by atoms with Gasteiger partial charge in [0.15, 0.2) is 0 Å². The van der Waals surface area contributed by atoms with Crippen LogP contribution in [0.15, 0.2) is 91.0 Å². The van der Waals surface area contributed by atoms with Crippen molar-refractivity contribution >= 4 is 33.2 Å². The molecule has 1 unspecified atom stereocenters. The number of aromatic nitrogens is 1. The predicted octanol–water partition coefficient (Wildman–Crippen LogP) is 7.65. The van der Waals surface area contributed by atoms with Gasteiger partial charge in [0.25, 0.3) is 0 Å². The van der Waals surface area contributed by atoms with Crippen LogP contribution in [0.25, 0.3) is 21.8 Å². The van der Waals surface area contributed by atoms with Crippen molar-refractivity contribution in [3.63, 3.8) is 0 Å². The van der Waals surface area contributed by atoms with Gasteiger partial charge in [-0.15, -0.1) is 0 Å². The van der Waals surface area contributed by atoms with Gasteiger partial charge in [0.05, 0.1) is 6.04 Å². The first-order valence-electron chi connectivity index (χ1n) is 12.6. The Hall–Kier alpha value is -3.72. The van der Waals surface area contributed by atoms with Crippen molar-refractivity contribution in [1.82, 2.24) is 4.57 Å². The fourth-order valence-electron chi connectivity index (χ4n) is 5.41.